The van der Waals surface area contributed by atoms with E-state index in [9.17, 15) is 18.0 Å². The Hall–Kier alpha value is -0.860. The Morgan fingerprint density at radius 2 is 2.25 bits per heavy atom. The second-order valence-corrected chi connectivity index (χ2v) is 3.74. The van der Waals surface area contributed by atoms with Crippen molar-refractivity contribution in [3.05, 3.63) is 26.8 Å². The Bertz CT molecular complexity index is 389. The van der Waals surface area contributed by atoms with Crippen molar-refractivity contribution >= 4 is 28.6 Å². The van der Waals surface area contributed by atoms with Gasteiger partial charge in [-0.25, -0.2) is 22.9 Å². The SMILES string of the molecule is CCOC(=O)c1cc(F)c(C(F)F)c(I)n1. The van der Waals surface area contributed by atoms with E-state index < -0.39 is 23.8 Å². The number of carbonyl (C=O) groups excluding carboxylic acids is 1. The topological polar surface area (TPSA) is 39.2 Å². The van der Waals surface area contributed by atoms with Crippen molar-refractivity contribution in [2.45, 2.75) is 13.3 Å². The first-order valence-corrected chi connectivity index (χ1v) is 5.36. The summed E-state index contributed by atoms with van der Waals surface area (Å²) in [4.78, 5) is 14.8. The molecule has 0 saturated carbocycles. The Kier molecular flexibility index (Phi) is 4.51. The van der Waals surface area contributed by atoms with E-state index in [2.05, 4.69) is 9.72 Å². The van der Waals surface area contributed by atoms with Crippen molar-refractivity contribution in [3.8, 4) is 0 Å². The molecule has 0 aromatic carbocycles. The van der Waals surface area contributed by atoms with Gasteiger partial charge in [-0.15, -0.1) is 0 Å². The summed E-state index contributed by atoms with van der Waals surface area (Å²) in [6, 6.07) is 0.654. The third-order valence-corrected chi connectivity index (χ3v) is 2.49. The lowest BCUT2D eigenvalue weighted by Gasteiger charge is -2.06. The van der Waals surface area contributed by atoms with Gasteiger partial charge in [0.05, 0.1) is 12.2 Å². The van der Waals surface area contributed by atoms with Gasteiger partial charge in [0.2, 0.25) is 0 Å². The molecule has 0 aliphatic rings. The largest absolute Gasteiger partial charge is 0.461 e. The van der Waals surface area contributed by atoms with Gasteiger partial charge in [0, 0.05) is 6.07 Å². The van der Waals surface area contributed by atoms with Gasteiger partial charge in [-0.05, 0) is 29.5 Å². The smallest absolute Gasteiger partial charge is 0.357 e. The molecule has 0 aliphatic carbocycles. The number of hydrogen-bond acceptors (Lipinski definition) is 3. The summed E-state index contributed by atoms with van der Waals surface area (Å²) in [5, 5.41) is 0. The van der Waals surface area contributed by atoms with Gasteiger partial charge in [0.15, 0.2) is 5.69 Å². The summed E-state index contributed by atoms with van der Waals surface area (Å²) >= 11 is 1.45. The minimum absolute atomic E-state index is 0.106. The molecule has 0 unspecified atom stereocenters. The number of halogens is 4. The molecule has 1 heterocycles. The summed E-state index contributed by atoms with van der Waals surface area (Å²) < 4.78 is 42.3. The molecule has 7 heteroatoms. The number of rotatable bonds is 3. The van der Waals surface area contributed by atoms with Gasteiger partial charge in [0.1, 0.15) is 9.52 Å². The Morgan fingerprint density at radius 1 is 1.62 bits per heavy atom. The molecule has 0 saturated heterocycles. The van der Waals surface area contributed by atoms with Crippen LogP contribution in [0.3, 0.4) is 0 Å². The lowest BCUT2D eigenvalue weighted by atomic mass is 10.2. The molecule has 0 amide bonds. The van der Waals surface area contributed by atoms with Crippen LogP contribution in [0.1, 0.15) is 29.4 Å². The van der Waals surface area contributed by atoms with Gasteiger partial charge in [0.25, 0.3) is 6.43 Å². The summed E-state index contributed by atoms with van der Waals surface area (Å²) in [6.45, 7) is 1.68. The first kappa shape index (κ1) is 13.2. The van der Waals surface area contributed by atoms with Crippen LogP contribution >= 0.6 is 22.6 Å². The van der Waals surface area contributed by atoms with Crippen LogP contribution in [0.5, 0.6) is 0 Å². The molecule has 1 rings (SSSR count). The van der Waals surface area contributed by atoms with Gasteiger partial charge in [-0.3, -0.25) is 0 Å². The Balaban J connectivity index is 3.14. The van der Waals surface area contributed by atoms with Crippen molar-refractivity contribution in [3.63, 3.8) is 0 Å². The van der Waals surface area contributed by atoms with E-state index in [0.29, 0.717) is 6.07 Å². The second kappa shape index (κ2) is 5.46. The summed E-state index contributed by atoms with van der Waals surface area (Å²) in [6.07, 6.45) is -2.96. The first-order valence-electron chi connectivity index (χ1n) is 4.28. The van der Waals surface area contributed by atoms with Gasteiger partial charge in [-0.1, -0.05) is 0 Å². The molecule has 1 aromatic rings. The van der Waals surface area contributed by atoms with E-state index in [1.807, 2.05) is 0 Å². The molecule has 0 N–H and O–H groups in total. The van der Waals surface area contributed by atoms with Crippen molar-refractivity contribution in [1.29, 1.82) is 0 Å². The standard InChI is InChI=1S/C9H7F3INO2/c1-2-16-9(15)5-3-4(10)6(7(11)12)8(13)14-5/h3,7H,2H2,1H3. The Morgan fingerprint density at radius 3 is 2.69 bits per heavy atom. The highest BCUT2D eigenvalue weighted by molar-refractivity contribution is 14.1. The average molecular weight is 345 g/mol. The number of hydrogen-bond donors (Lipinski definition) is 0. The summed E-state index contributed by atoms with van der Waals surface area (Å²) in [5.41, 5.74) is -1.11. The minimum atomic E-state index is -2.96. The maximum Gasteiger partial charge on any atom is 0.357 e. The van der Waals surface area contributed by atoms with Crippen LogP contribution in [-0.4, -0.2) is 17.6 Å². The highest BCUT2D eigenvalue weighted by Gasteiger charge is 2.22. The molecule has 16 heavy (non-hydrogen) atoms. The van der Waals surface area contributed by atoms with Crippen molar-refractivity contribution < 1.29 is 22.7 Å². The van der Waals surface area contributed by atoms with Crippen LogP contribution in [-0.2, 0) is 4.74 Å². The lowest BCUT2D eigenvalue weighted by molar-refractivity contribution is 0.0517. The van der Waals surface area contributed by atoms with Gasteiger partial charge in [-0.2, -0.15) is 0 Å². The van der Waals surface area contributed by atoms with Crippen LogP contribution < -0.4 is 0 Å². The van der Waals surface area contributed by atoms with E-state index in [1.54, 1.807) is 6.92 Å². The number of aromatic nitrogens is 1. The Labute approximate surface area is 103 Å². The van der Waals surface area contributed by atoms with Gasteiger partial charge < -0.3 is 4.74 Å². The zero-order valence-corrected chi connectivity index (χ0v) is 10.3. The van der Waals surface area contributed by atoms with Crippen LogP contribution in [0.4, 0.5) is 13.2 Å². The zero-order valence-electron chi connectivity index (χ0n) is 8.14. The normalized spacial score (nSPS) is 10.6. The minimum Gasteiger partial charge on any atom is -0.461 e. The molecule has 0 atom stereocenters. The molecule has 0 spiro atoms. The fraction of sp³-hybridized carbons (Fsp3) is 0.333. The number of pyridine rings is 1. The van der Waals surface area contributed by atoms with Crippen LogP contribution in [0.15, 0.2) is 6.07 Å². The van der Waals surface area contributed by atoms with Gasteiger partial charge >= 0.3 is 5.97 Å². The fourth-order valence-electron chi connectivity index (χ4n) is 0.998. The van der Waals surface area contributed by atoms with E-state index in [1.165, 1.54) is 22.6 Å². The van der Waals surface area contributed by atoms with E-state index in [0.717, 1.165) is 0 Å². The third kappa shape index (κ3) is 2.83. The van der Waals surface area contributed by atoms with Crippen LogP contribution in [0.2, 0.25) is 0 Å². The van der Waals surface area contributed by atoms with E-state index in [4.69, 9.17) is 0 Å². The molecular weight excluding hydrogens is 338 g/mol. The maximum atomic E-state index is 13.2. The average Bonchev–Trinajstić information content (AvgIpc) is 2.16. The second-order valence-electron chi connectivity index (χ2n) is 2.71. The number of carbonyl (C=O) groups is 1. The van der Waals surface area contributed by atoms with Crippen molar-refractivity contribution in [2.24, 2.45) is 0 Å². The van der Waals surface area contributed by atoms with Crippen molar-refractivity contribution in [1.82, 2.24) is 4.98 Å². The van der Waals surface area contributed by atoms with E-state index >= 15 is 0 Å². The fourth-order valence-corrected chi connectivity index (χ4v) is 1.75. The third-order valence-electron chi connectivity index (χ3n) is 1.66. The zero-order chi connectivity index (χ0) is 12.3. The molecule has 1 aromatic heterocycles. The monoisotopic (exact) mass is 345 g/mol. The predicted octanol–water partition coefficient (Wildman–Crippen LogP) is 2.94. The van der Waals surface area contributed by atoms with Crippen LogP contribution in [0, 0.1) is 9.52 Å². The number of nitrogens with zero attached hydrogens (tertiary/aromatic N) is 1. The highest BCUT2D eigenvalue weighted by atomic mass is 127. The number of ether oxygens (including phenoxy) is 1. The van der Waals surface area contributed by atoms with Crippen LogP contribution in [0.25, 0.3) is 0 Å². The molecule has 0 radical (unpaired) electrons. The van der Waals surface area contributed by atoms with E-state index in [-0.39, 0.29) is 16.0 Å². The lowest BCUT2D eigenvalue weighted by Crippen LogP contribution is -2.10. The summed E-state index contributed by atoms with van der Waals surface area (Å²) in [5.74, 6) is -1.99. The number of esters is 1. The molecule has 88 valence electrons. The maximum absolute atomic E-state index is 13.2. The predicted molar refractivity (Wildman–Crippen MR) is 57.8 cm³/mol. The highest BCUT2D eigenvalue weighted by Crippen LogP contribution is 2.26. The number of alkyl halides is 2. The molecule has 3 nitrogen and oxygen atoms in total. The molecule has 0 aliphatic heterocycles. The molecule has 0 fully saturated rings. The quantitative estimate of drug-likeness (QED) is 0.480. The molecular formula is C9H7F3INO2. The molecule has 0 bridgehead atoms. The van der Waals surface area contributed by atoms with Crippen molar-refractivity contribution in [2.75, 3.05) is 6.61 Å². The summed E-state index contributed by atoms with van der Waals surface area (Å²) in [7, 11) is 0. The first-order chi connectivity index (χ1) is 7.47.